The number of aromatic nitrogens is 1. The van der Waals surface area contributed by atoms with E-state index in [1.807, 2.05) is 13.8 Å². The van der Waals surface area contributed by atoms with E-state index in [0.717, 1.165) is 0 Å². The highest BCUT2D eigenvalue weighted by atomic mass is 79.9. The van der Waals surface area contributed by atoms with Gasteiger partial charge in [-0.25, -0.2) is 4.98 Å². The molecule has 0 aliphatic heterocycles. The molecule has 0 fully saturated rings. The number of pyridine rings is 1. The van der Waals surface area contributed by atoms with Crippen LogP contribution >= 0.6 is 15.9 Å². The van der Waals surface area contributed by atoms with Crippen LogP contribution in [0.5, 0.6) is 0 Å². The summed E-state index contributed by atoms with van der Waals surface area (Å²) in [7, 11) is 0. The molecule has 0 aliphatic rings. The predicted molar refractivity (Wildman–Crippen MR) is 79.6 cm³/mol. The summed E-state index contributed by atoms with van der Waals surface area (Å²) >= 11 is 3.14. The van der Waals surface area contributed by atoms with Crippen LogP contribution in [0, 0.1) is 10.1 Å². The van der Waals surface area contributed by atoms with Gasteiger partial charge in [-0.2, -0.15) is 0 Å². The number of hydrogen-bond acceptors (Lipinski definition) is 5. The molecular formula is C12H17BrN4O3. The van der Waals surface area contributed by atoms with Gasteiger partial charge in [-0.05, 0) is 36.7 Å². The first-order valence-corrected chi connectivity index (χ1v) is 6.94. The maximum absolute atomic E-state index is 11.6. The van der Waals surface area contributed by atoms with Crippen molar-refractivity contribution in [3.63, 3.8) is 0 Å². The zero-order chi connectivity index (χ0) is 15.3. The van der Waals surface area contributed by atoms with E-state index in [1.54, 1.807) is 6.92 Å². The third-order valence-electron chi connectivity index (χ3n) is 2.36. The molecule has 1 aromatic rings. The van der Waals surface area contributed by atoms with E-state index in [4.69, 9.17) is 0 Å². The Morgan fingerprint density at radius 1 is 1.50 bits per heavy atom. The van der Waals surface area contributed by atoms with Crippen LogP contribution in [0.1, 0.15) is 27.2 Å². The Balaban J connectivity index is 2.73. The molecule has 110 valence electrons. The summed E-state index contributed by atoms with van der Waals surface area (Å²) in [4.78, 5) is 26.0. The van der Waals surface area contributed by atoms with Crippen LogP contribution in [0.2, 0.25) is 0 Å². The first kappa shape index (κ1) is 16.4. The van der Waals surface area contributed by atoms with Crippen molar-refractivity contribution in [2.24, 2.45) is 0 Å². The van der Waals surface area contributed by atoms with E-state index in [1.165, 1.54) is 12.3 Å². The lowest BCUT2D eigenvalue weighted by molar-refractivity contribution is -0.384. The summed E-state index contributed by atoms with van der Waals surface area (Å²) in [6.07, 6.45) is 1.68. The van der Waals surface area contributed by atoms with Gasteiger partial charge in [0.25, 0.3) is 0 Å². The summed E-state index contributed by atoms with van der Waals surface area (Å²) in [5.74, 6) is 0.0443. The lowest BCUT2D eigenvalue weighted by atomic mass is 10.2. The fourth-order valence-corrected chi connectivity index (χ4v) is 1.94. The van der Waals surface area contributed by atoms with Crippen molar-refractivity contribution in [1.29, 1.82) is 0 Å². The molecule has 1 heterocycles. The van der Waals surface area contributed by atoms with Gasteiger partial charge in [-0.1, -0.05) is 0 Å². The zero-order valence-electron chi connectivity index (χ0n) is 11.5. The molecule has 2 N–H and O–H groups in total. The maximum Gasteiger partial charge on any atom is 0.312 e. The van der Waals surface area contributed by atoms with Crippen LogP contribution in [0.15, 0.2) is 16.7 Å². The number of anilines is 1. The molecule has 0 aromatic carbocycles. The Bertz CT molecular complexity index is 507. The molecule has 0 unspecified atom stereocenters. The summed E-state index contributed by atoms with van der Waals surface area (Å²) in [6.45, 7) is 5.52. The summed E-state index contributed by atoms with van der Waals surface area (Å²) in [5, 5.41) is 16.6. The van der Waals surface area contributed by atoms with Crippen molar-refractivity contribution < 1.29 is 9.72 Å². The second-order valence-electron chi connectivity index (χ2n) is 4.75. The number of rotatable bonds is 6. The number of nitrogens with zero attached hydrogens (tertiary/aromatic N) is 2. The van der Waals surface area contributed by atoms with E-state index >= 15 is 0 Å². The SMILES string of the molecule is CC(C)NC(=O)C[C@H](C)Nc1ncc(Br)cc1[N+](=O)[O-]. The van der Waals surface area contributed by atoms with Gasteiger partial charge in [0.2, 0.25) is 11.7 Å². The van der Waals surface area contributed by atoms with Crippen LogP contribution in [-0.4, -0.2) is 27.9 Å². The van der Waals surface area contributed by atoms with Crippen LogP contribution in [0.25, 0.3) is 0 Å². The summed E-state index contributed by atoms with van der Waals surface area (Å²) < 4.78 is 0.528. The predicted octanol–water partition coefficient (Wildman–Crippen LogP) is 2.47. The molecule has 0 aliphatic carbocycles. The van der Waals surface area contributed by atoms with Gasteiger partial charge < -0.3 is 10.6 Å². The molecule has 0 bridgehead atoms. The van der Waals surface area contributed by atoms with Gasteiger partial charge in [-0.3, -0.25) is 14.9 Å². The minimum absolute atomic E-state index is 0.0647. The number of carbonyl (C=O) groups is 1. The normalized spacial score (nSPS) is 12.1. The third kappa shape index (κ3) is 5.12. The molecule has 0 spiro atoms. The average molecular weight is 345 g/mol. The lowest BCUT2D eigenvalue weighted by Gasteiger charge is -2.15. The van der Waals surface area contributed by atoms with E-state index in [9.17, 15) is 14.9 Å². The van der Waals surface area contributed by atoms with Crippen LogP contribution in [0.3, 0.4) is 0 Å². The lowest BCUT2D eigenvalue weighted by Crippen LogP contribution is -2.34. The standard InChI is InChI=1S/C12H17BrN4O3/c1-7(2)15-11(18)4-8(3)16-12-10(17(19)20)5-9(13)6-14-12/h5-8H,4H2,1-3H3,(H,14,16)(H,15,18)/t8-/m0/s1. The minimum Gasteiger partial charge on any atom is -0.361 e. The van der Waals surface area contributed by atoms with Crippen molar-refractivity contribution in [3.8, 4) is 0 Å². The zero-order valence-corrected chi connectivity index (χ0v) is 13.1. The van der Waals surface area contributed by atoms with Gasteiger partial charge in [0.1, 0.15) is 0 Å². The fourth-order valence-electron chi connectivity index (χ4n) is 1.62. The molecule has 0 saturated carbocycles. The Kier molecular flexibility index (Phi) is 5.87. The summed E-state index contributed by atoms with van der Waals surface area (Å²) in [6, 6.07) is 1.17. The highest BCUT2D eigenvalue weighted by Gasteiger charge is 2.18. The second-order valence-corrected chi connectivity index (χ2v) is 5.67. The molecule has 1 rings (SSSR count). The first-order valence-electron chi connectivity index (χ1n) is 6.15. The number of carbonyl (C=O) groups excluding carboxylic acids is 1. The monoisotopic (exact) mass is 344 g/mol. The molecule has 8 heteroatoms. The van der Waals surface area contributed by atoms with Crippen molar-refractivity contribution in [2.75, 3.05) is 5.32 Å². The van der Waals surface area contributed by atoms with E-state index in [0.29, 0.717) is 4.47 Å². The molecule has 1 atom stereocenters. The van der Waals surface area contributed by atoms with Crippen molar-refractivity contribution in [1.82, 2.24) is 10.3 Å². The van der Waals surface area contributed by atoms with E-state index in [2.05, 4.69) is 31.5 Å². The van der Waals surface area contributed by atoms with Crippen molar-refractivity contribution >= 4 is 33.3 Å². The number of nitro groups is 1. The number of amides is 1. The first-order chi connectivity index (χ1) is 9.29. The Morgan fingerprint density at radius 3 is 2.70 bits per heavy atom. The van der Waals surface area contributed by atoms with Crippen molar-refractivity contribution in [2.45, 2.75) is 39.3 Å². The topological polar surface area (TPSA) is 97.2 Å². The van der Waals surface area contributed by atoms with E-state index < -0.39 is 4.92 Å². The quantitative estimate of drug-likeness (QED) is 0.610. The molecule has 20 heavy (non-hydrogen) atoms. The van der Waals surface area contributed by atoms with Gasteiger partial charge in [0.05, 0.1) is 4.92 Å². The number of nitrogens with one attached hydrogen (secondary N) is 2. The fraction of sp³-hybridized carbons (Fsp3) is 0.500. The Labute approximate surface area is 125 Å². The Morgan fingerprint density at radius 2 is 2.15 bits per heavy atom. The number of hydrogen-bond donors (Lipinski definition) is 2. The minimum atomic E-state index is -0.513. The molecule has 1 amide bonds. The van der Waals surface area contributed by atoms with Gasteiger partial charge >= 0.3 is 5.69 Å². The van der Waals surface area contributed by atoms with Gasteiger partial charge in [0.15, 0.2) is 0 Å². The molecular weight excluding hydrogens is 328 g/mol. The van der Waals surface area contributed by atoms with Crippen LogP contribution in [-0.2, 0) is 4.79 Å². The largest absolute Gasteiger partial charge is 0.361 e. The van der Waals surface area contributed by atoms with E-state index in [-0.39, 0.29) is 35.9 Å². The van der Waals surface area contributed by atoms with Crippen LogP contribution in [0.4, 0.5) is 11.5 Å². The second kappa shape index (κ2) is 7.18. The molecule has 0 saturated heterocycles. The molecule has 7 nitrogen and oxygen atoms in total. The Hall–Kier alpha value is -1.70. The van der Waals surface area contributed by atoms with Gasteiger partial charge in [-0.15, -0.1) is 0 Å². The number of halogens is 1. The van der Waals surface area contributed by atoms with Gasteiger partial charge in [0, 0.05) is 35.2 Å². The summed E-state index contributed by atoms with van der Waals surface area (Å²) in [5.41, 5.74) is -0.129. The smallest absolute Gasteiger partial charge is 0.312 e. The van der Waals surface area contributed by atoms with Crippen LogP contribution < -0.4 is 10.6 Å². The molecule has 1 aromatic heterocycles. The highest BCUT2D eigenvalue weighted by Crippen LogP contribution is 2.25. The third-order valence-corrected chi connectivity index (χ3v) is 2.79. The van der Waals surface area contributed by atoms with Crippen molar-refractivity contribution in [3.05, 3.63) is 26.9 Å². The highest BCUT2D eigenvalue weighted by molar-refractivity contribution is 9.10. The average Bonchev–Trinajstić information content (AvgIpc) is 2.29. The molecule has 0 radical (unpaired) electrons. The maximum atomic E-state index is 11.6.